The normalized spacial score (nSPS) is 22.6. The quantitative estimate of drug-likeness (QED) is 0.838. The second-order valence-corrected chi connectivity index (χ2v) is 8.44. The fourth-order valence-electron chi connectivity index (χ4n) is 2.69. The Kier molecular flexibility index (Phi) is 5.79. The van der Waals surface area contributed by atoms with Gasteiger partial charge < -0.3 is 5.11 Å². The molecular formula is C14H24N2O3S2. The lowest BCUT2D eigenvalue weighted by atomic mass is 10.0. The molecule has 1 fully saturated rings. The number of hydrogen-bond acceptors (Lipinski definition) is 4. The lowest BCUT2D eigenvalue weighted by molar-refractivity contribution is 0.153. The molecule has 0 radical (unpaired) electrons. The van der Waals surface area contributed by atoms with Gasteiger partial charge in [-0.1, -0.05) is 26.3 Å². The zero-order valence-corrected chi connectivity index (χ0v) is 14.2. The summed E-state index contributed by atoms with van der Waals surface area (Å²) in [4.78, 5) is 1.02. The van der Waals surface area contributed by atoms with Crippen molar-refractivity contribution < 1.29 is 13.5 Å². The van der Waals surface area contributed by atoms with Crippen LogP contribution < -0.4 is 4.72 Å². The number of nitrogens with one attached hydrogen (secondary N) is 1. The molecule has 0 aliphatic carbocycles. The second-order valence-electron chi connectivity index (χ2n) is 5.80. The van der Waals surface area contributed by atoms with Gasteiger partial charge in [-0.05, 0) is 30.2 Å². The van der Waals surface area contributed by atoms with E-state index in [0.717, 1.165) is 24.1 Å². The van der Waals surface area contributed by atoms with Gasteiger partial charge >= 0.3 is 0 Å². The summed E-state index contributed by atoms with van der Waals surface area (Å²) in [5.41, 5.74) is 0. The molecule has 0 aromatic carbocycles. The van der Waals surface area contributed by atoms with Crippen molar-refractivity contribution in [2.24, 2.45) is 5.92 Å². The Morgan fingerprint density at radius 3 is 2.81 bits per heavy atom. The van der Waals surface area contributed by atoms with Crippen molar-refractivity contribution >= 4 is 21.5 Å². The number of nitrogens with zero attached hydrogens (tertiary/aromatic N) is 1. The highest BCUT2D eigenvalue weighted by Crippen LogP contribution is 2.28. The van der Waals surface area contributed by atoms with Crippen molar-refractivity contribution in [2.75, 3.05) is 13.2 Å². The minimum Gasteiger partial charge on any atom is -0.395 e. The highest BCUT2D eigenvalue weighted by Gasteiger charge is 2.34. The summed E-state index contributed by atoms with van der Waals surface area (Å²) in [7, 11) is -3.58. The van der Waals surface area contributed by atoms with Crippen LogP contribution >= 0.6 is 11.3 Å². The number of thiophene rings is 1. The van der Waals surface area contributed by atoms with Gasteiger partial charge in [-0.3, -0.25) is 0 Å². The van der Waals surface area contributed by atoms with E-state index >= 15 is 0 Å². The molecule has 0 saturated carbocycles. The van der Waals surface area contributed by atoms with Crippen molar-refractivity contribution in [3.8, 4) is 0 Å². The van der Waals surface area contributed by atoms with Crippen molar-refractivity contribution in [3.63, 3.8) is 0 Å². The third kappa shape index (κ3) is 4.04. The van der Waals surface area contributed by atoms with Crippen LogP contribution in [-0.2, 0) is 10.2 Å². The first-order valence-corrected chi connectivity index (χ1v) is 9.71. The molecule has 21 heavy (non-hydrogen) atoms. The summed E-state index contributed by atoms with van der Waals surface area (Å²) in [5.74, 6) is 0.163. The van der Waals surface area contributed by atoms with Gasteiger partial charge in [-0.25, -0.2) is 0 Å². The maximum Gasteiger partial charge on any atom is 0.280 e. The molecule has 2 atom stereocenters. The SMILES string of the molecule is CC(C)C(NS(=O)(=O)N1CCCCC1CO)c1cccs1. The molecule has 5 nitrogen and oxygen atoms in total. The fraction of sp³-hybridized carbons (Fsp3) is 0.714. The molecule has 120 valence electrons. The smallest absolute Gasteiger partial charge is 0.280 e. The molecule has 1 saturated heterocycles. The van der Waals surface area contributed by atoms with Crippen LogP contribution in [0, 0.1) is 5.92 Å². The largest absolute Gasteiger partial charge is 0.395 e. The Bertz CT molecular complexity index is 528. The molecule has 1 aliphatic heterocycles. The van der Waals surface area contributed by atoms with Crippen molar-refractivity contribution in [2.45, 2.75) is 45.2 Å². The van der Waals surface area contributed by atoms with Gasteiger partial charge in [0.2, 0.25) is 0 Å². The summed E-state index contributed by atoms with van der Waals surface area (Å²) < 4.78 is 29.6. The highest BCUT2D eigenvalue weighted by molar-refractivity contribution is 7.87. The number of aliphatic hydroxyl groups excluding tert-OH is 1. The van der Waals surface area contributed by atoms with Gasteiger partial charge in [-0.15, -0.1) is 11.3 Å². The molecule has 2 rings (SSSR count). The van der Waals surface area contributed by atoms with Crippen LogP contribution in [0.3, 0.4) is 0 Å². The van der Waals surface area contributed by atoms with Crippen LogP contribution in [-0.4, -0.2) is 37.0 Å². The molecule has 0 bridgehead atoms. The highest BCUT2D eigenvalue weighted by atomic mass is 32.2. The maximum absolute atomic E-state index is 12.7. The van der Waals surface area contributed by atoms with E-state index in [1.165, 1.54) is 4.31 Å². The molecular weight excluding hydrogens is 308 g/mol. The Balaban J connectivity index is 2.18. The van der Waals surface area contributed by atoms with E-state index in [-0.39, 0.29) is 24.6 Å². The lowest BCUT2D eigenvalue weighted by Crippen LogP contribution is -2.51. The minimum absolute atomic E-state index is 0.119. The van der Waals surface area contributed by atoms with Gasteiger partial charge in [0.25, 0.3) is 10.2 Å². The van der Waals surface area contributed by atoms with E-state index in [0.29, 0.717) is 6.54 Å². The van der Waals surface area contributed by atoms with Crippen molar-refractivity contribution in [1.82, 2.24) is 9.03 Å². The third-order valence-corrected chi connectivity index (χ3v) is 6.49. The van der Waals surface area contributed by atoms with E-state index in [1.54, 1.807) is 11.3 Å². The summed E-state index contributed by atoms with van der Waals surface area (Å²) in [6.45, 7) is 4.38. The van der Waals surface area contributed by atoms with Crippen LogP contribution in [0.2, 0.25) is 0 Å². The first-order valence-electron chi connectivity index (χ1n) is 7.39. The summed E-state index contributed by atoms with van der Waals surface area (Å²) in [6, 6.07) is 3.36. The number of hydrogen-bond donors (Lipinski definition) is 2. The molecule has 0 amide bonds. The summed E-state index contributed by atoms with van der Waals surface area (Å²) in [5, 5.41) is 11.4. The van der Waals surface area contributed by atoms with Gasteiger partial charge in [0, 0.05) is 17.5 Å². The van der Waals surface area contributed by atoms with Crippen LogP contribution in [0.5, 0.6) is 0 Å². The summed E-state index contributed by atoms with van der Waals surface area (Å²) >= 11 is 1.56. The van der Waals surface area contributed by atoms with Crippen LogP contribution in [0.25, 0.3) is 0 Å². The van der Waals surface area contributed by atoms with E-state index in [4.69, 9.17) is 0 Å². The maximum atomic E-state index is 12.7. The first kappa shape index (κ1) is 16.9. The molecule has 0 spiro atoms. The van der Waals surface area contributed by atoms with Crippen molar-refractivity contribution in [3.05, 3.63) is 22.4 Å². The Labute approximate surface area is 131 Å². The molecule has 1 aliphatic rings. The van der Waals surface area contributed by atoms with Gasteiger partial charge in [0.1, 0.15) is 0 Å². The number of rotatable bonds is 6. The topological polar surface area (TPSA) is 69.6 Å². The average Bonchev–Trinajstić information content (AvgIpc) is 2.98. The predicted octanol–water partition coefficient (Wildman–Crippen LogP) is 2.13. The summed E-state index contributed by atoms with van der Waals surface area (Å²) in [6.07, 6.45) is 2.54. The number of aliphatic hydroxyl groups is 1. The van der Waals surface area contributed by atoms with Gasteiger partial charge in [0.05, 0.1) is 12.6 Å². The molecule has 2 heterocycles. The molecule has 2 unspecified atom stereocenters. The monoisotopic (exact) mass is 332 g/mol. The van der Waals surface area contributed by atoms with Gasteiger partial charge in [0.15, 0.2) is 0 Å². The van der Waals surface area contributed by atoms with Gasteiger partial charge in [-0.2, -0.15) is 17.4 Å². The standard InChI is InChI=1S/C14H24N2O3S2/c1-11(2)14(13-7-5-9-20-13)15-21(18,19)16-8-4-3-6-12(16)10-17/h5,7,9,11-12,14-15,17H,3-4,6,8,10H2,1-2H3. The fourth-order valence-corrected chi connectivity index (χ4v) is 5.51. The molecule has 2 N–H and O–H groups in total. The second kappa shape index (κ2) is 7.19. The van der Waals surface area contributed by atoms with Crippen molar-refractivity contribution in [1.29, 1.82) is 0 Å². The van der Waals surface area contributed by atoms with Crippen LogP contribution in [0.1, 0.15) is 44.0 Å². The zero-order valence-electron chi connectivity index (χ0n) is 12.5. The number of piperidine rings is 1. The van der Waals surface area contributed by atoms with E-state index in [9.17, 15) is 13.5 Å². The van der Waals surface area contributed by atoms with E-state index in [1.807, 2.05) is 31.4 Å². The Morgan fingerprint density at radius 1 is 1.48 bits per heavy atom. The van der Waals surface area contributed by atoms with E-state index < -0.39 is 10.2 Å². The third-order valence-electron chi connectivity index (χ3n) is 3.88. The molecule has 1 aromatic heterocycles. The Hall–Kier alpha value is -0.470. The van der Waals surface area contributed by atoms with Crippen LogP contribution in [0.15, 0.2) is 17.5 Å². The van der Waals surface area contributed by atoms with E-state index in [2.05, 4.69) is 4.72 Å². The minimum atomic E-state index is -3.58. The molecule has 7 heteroatoms. The predicted molar refractivity (Wildman–Crippen MR) is 85.4 cm³/mol. The lowest BCUT2D eigenvalue weighted by Gasteiger charge is -2.35. The van der Waals surface area contributed by atoms with Crippen LogP contribution in [0.4, 0.5) is 0 Å². The first-order chi connectivity index (χ1) is 9.95. The average molecular weight is 332 g/mol. The molecule has 1 aromatic rings. The zero-order chi connectivity index (χ0) is 15.5. The Morgan fingerprint density at radius 2 is 2.24 bits per heavy atom.